The van der Waals surface area contributed by atoms with Gasteiger partial charge in [-0.2, -0.15) is 0 Å². The van der Waals surface area contributed by atoms with Crippen LogP contribution in [0.3, 0.4) is 0 Å². The van der Waals surface area contributed by atoms with Crippen molar-refractivity contribution < 1.29 is 28.7 Å². The summed E-state index contributed by atoms with van der Waals surface area (Å²) < 4.78 is 15.4. The first-order valence-electron chi connectivity index (χ1n) is 9.50. The molecule has 1 aliphatic rings. The van der Waals surface area contributed by atoms with Crippen LogP contribution in [0.4, 0.5) is 5.69 Å². The minimum absolute atomic E-state index is 0.0250. The predicted octanol–water partition coefficient (Wildman–Crippen LogP) is 3.89. The summed E-state index contributed by atoms with van der Waals surface area (Å²) in [5.74, 6) is -0.447. The summed E-state index contributed by atoms with van der Waals surface area (Å²) in [6.45, 7) is 3.51. The Balaban J connectivity index is 1.69. The number of Topliss-reactive ketones (excluding diaryl/α,β-unsaturated/α-hetero) is 1. The summed E-state index contributed by atoms with van der Waals surface area (Å²) in [4.78, 5) is 35.3. The lowest BCUT2D eigenvalue weighted by Gasteiger charge is -2.09. The quantitative estimate of drug-likeness (QED) is 0.213. The van der Waals surface area contributed by atoms with Crippen LogP contribution in [-0.4, -0.2) is 30.1 Å². The van der Waals surface area contributed by atoms with E-state index in [4.69, 9.17) is 14.2 Å². The maximum atomic E-state index is 12.5. The molecular formula is C22H21NO7. The van der Waals surface area contributed by atoms with Crippen molar-refractivity contribution in [3.63, 3.8) is 0 Å². The number of nitro benzene ring substituents is 1. The number of carbonyl (C=O) groups excluding carboxylic acids is 2. The first kappa shape index (κ1) is 21.0. The van der Waals surface area contributed by atoms with Gasteiger partial charge in [0.25, 0.3) is 5.69 Å². The first-order valence-corrected chi connectivity index (χ1v) is 9.50. The molecule has 1 aliphatic heterocycles. The van der Waals surface area contributed by atoms with E-state index in [9.17, 15) is 19.7 Å². The summed E-state index contributed by atoms with van der Waals surface area (Å²) in [6.07, 6.45) is 3.77. The van der Waals surface area contributed by atoms with Gasteiger partial charge in [-0.3, -0.25) is 14.9 Å². The fourth-order valence-corrected chi connectivity index (χ4v) is 3.07. The Morgan fingerprint density at radius 3 is 2.53 bits per heavy atom. The Morgan fingerprint density at radius 1 is 1.13 bits per heavy atom. The van der Waals surface area contributed by atoms with Gasteiger partial charge >= 0.3 is 5.97 Å². The lowest BCUT2D eigenvalue weighted by Crippen LogP contribution is -2.14. The Labute approximate surface area is 173 Å². The fourth-order valence-electron chi connectivity index (χ4n) is 3.07. The van der Waals surface area contributed by atoms with E-state index in [1.165, 1.54) is 18.2 Å². The molecule has 30 heavy (non-hydrogen) atoms. The van der Waals surface area contributed by atoms with Gasteiger partial charge in [0, 0.05) is 11.6 Å². The van der Waals surface area contributed by atoms with Crippen molar-refractivity contribution >= 4 is 23.5 Å². The molecule has 0 atom stereocenters. The Hall–Kier alpha value is -3.68. The van der Waals surface area contributed by atoms with Gasteiger partial charge < -0.3 is 14.2 Å². The largest absolute Gasteiger partial charge is 0.454 e. The molecule has 156 valence electrons. The molecule has 0 radical (unpaired) electrons. The van der Waals surface area contributed by atoms with Crippen molar-refractivity contribution in [1.82, 2.24) is 0 Å². The molecule has 0 fully saturated rings. The molecule has 0 amide bonds. The maximum absolute atomic E-state index is 12.5. The van der Waals surface area contributed by atoms with E-state index >= 15 is 0 Å². The van der Waals surface area contributed by atoms with Crippen molar-refractivity contribution in [3.05, 3.63) is 68.8 Å². The summed E-state index contributed by atoms with van der Waals surface area (Å²) >= 11 is 0. The third-order valence-corrected chi connectivity index (χ3v) is 4.73. The molecule has 0 saturated carbocycles. The highest BCUT2D eigenvalue weighted by Crippen LogP contribution is 2.38. The number of fused-ring (bicyclic) bond motifs is 1. The molecule has 3 rings (SSSR count). The maximum Gasteiger partial charge on any atom is 0.331 e. The molecule has 0 aromatic heterocycles. The number of aryl methyl sites for hydroxylation is 2. The summed E-state index contributed by atoms with van der Waals surface area (Å²) in [5, 5.41) is 11.3. The third kappa shape index (κ3) is 4.65. The van der Waals surface area contributed by atoms with E-state index < -0.39 is 17.5 Å². The first-order chi connectivity index (χ1) is 14.4. The highest BCUT2D eigenvalue weighted by molar-refractivity contribution is 6.00. The standard InChI is InChI=1S/C22H21NO7/c1-3-14-5-6-15(4-2)17(9-14)19(24)12-28-22(25)8-7-16-10-20-21(30-13-29-20)11-18(16)23(26)27/h5-11H,3-4,12-13H2,1-2H3/b8-7+. The van der Waals surface area contributed by atoms with Crippen LogP contribution >= 0.6 is 0 Å². The number of nitrogens with zero attached hydrogens (tertiary/aromatic N) is 1. The van der Waals surface area contributed by atoms with Crippen LogP contribution < -0.4 is 9.47 Å². The van der Waals surface area contributed by atoms with Crippen molar-refractivity contribution in [2.75, 3.05) is 13.4 Å². The highest BCUT2D eigenvalue weighted by atomic mass is 16.7. The Bertz CT molecular complexity index is 1030. The average Bonchev–Trinajstić information content (AvgIpc) is 3.22. The molecule has 0 saturated heterocycles. The molecule has 0 unspecified atom stereocenters. The molecule has 0 bridgehead atoms. The number of hydrogen-bond donors (Lipinski definition) is 0. The van der Waals surface area contributed by atoms with Crippen molar-refractivity contribution in [2.45, 2.75) is 26.7 Å². The van der Waals surface area contributed by atoms with Gasteiger partial charge in [-0.05, 0) is 42.2 Å². The van der Waals surface area contributed by atoms with Crippen LogP contribution in [-0.2, 0) is 22.4 Å². The normalized spacial score (nSPS) is 12.2. The fraction of sp³-hybridized carbons (Fsp3) is 0.273. The minimum Gasteiger partial charge on any atom is -0.454 e. The lowest BCUT2D eigenvalue weighted by molar-refractivity contribution is -0.385. The second-order valence-corrected chi connectivity index (χ2v) is 6.58. The third-order valence-electron chi connectivity index (χ3n) is 4.73. The molecule has 8 heteroatoms. The Kier molecular flexibility index (Phi) is 6.46. The molecule has 0 N–H and O–H groups in total. The van der Waals surface area contributed by atoms with Gasteiger partial charge in [-0.25, -0.2) is 4.79 Å². The molecule has 0 spiro atoms. The molecular weight excluding hydrogens is 390 g/mol. The van der Waals surface area contributed by atoms with Crippen LogP contribution in [0.1, 0.15) is 40.9 Å². The van der Waals surface area contributed by atoms with E-state index in [1.807, 2.05) is 32.0 Å². The van der Waals surface area contributed by atoms with Gasteiger partial charge in [0.15, 0.2) is 18.1 Å². The zero-order valence-corrected chi connectivity index (χ0v) is 16.7. The number of hydrogen-bond acceptors (Lipinski definition) is 7. The van der Waals surface area contributed by atoms with Gasteiger partial charge in [0.1, 0.15) is 0 Å². The van der Waals surface area contributed by atoms with Gasteiger partial charge in [-0.15, -0.1) is 0 Å². The average molecular weight is 411 g/mol. The second kappa shape index (κ2) is 9.21. The molecule has 2 aromatic rings. The number of ketones is 1. The predicted molar refractivity (Wildman–Crippen MR) is 109 cm³/mol. The SMILES string of the molecule is CCc1ccc(CC)c(C(=O)COC(=O)/C=C/c2cc3c(cc2[N+](=O)[O-])OCO3)c1. The van der Waals surface area contributed by atoms with Gasteiger partial charge in [-0.1, -0.05) is 26.0 Å². The van der Waals surface area contributed by atoms with Crippen LogP contribution in [0.2, 0.25) is 0 Å². The van der Waals surface area contributed by atoms with Crippen molar-refractivity contribution in [2.24, 2.45) is 0 Å². The number of ether oxygens (including phenoxy) is 3. The highest BCUT2D eigenvalue weighted by Gasteiger charge is 2.22. The van der Waals surface area contributed by atoms with Crippen molar-refractivity contribution in [1.29, 1.82) is 0 Å². The lowest BCUT2D eigenvalue weighted by atomic mass is 9.98. The van der Waals surface area contributed by atoms with E-state index in [0.29, 0.717) is 17.7 Å². The Morgan fingerprint density at radius 2 is 1.87 bits per heavy atom. The van der Waals surface area contributed by atoms with Crippen LogP contribution in [0.5, 0.6) is 11.5 Å². The molecule has 1 heterocycles. The number of carbonyl (C=O) groups is 2. The molecule has 0 aliphatic carbocycles. The zero-order chi connectivity index (χ0) is 21.7. The number of esters is 1. The van der Waals surface area contributed by atoms with Crippen LogP contribution in [0.15, 0.2) is 36.4 Å². The van der Waals surface area contributed by atoms with E-state index in [2.05, 4.69) is 0 Å². The topological polar surface area (TPSA) is 105 Å². The van der Waals surface area contributed by atoms with E-state index in [0.717, 1.165) is 23.6 Å². The zero-order valence-electron chi connectivity index (χ0n) is 16.7. The molecule has 8 nitrogen and oxygen atoms in total. The number of benzene rings is 2. The second-order valence-electron chi connectivity index (χ2n) is 6.58. The smallest absolute Gasteiger partial charge is 0.331 e. The number of rotatable bonds is 8. The van der Waals surface area contributed by atoms with Gasteiger partial charge in [0.2, 0.25) is 12.6 Å². The monoisotopic (exact) mass is 411 g/mol. The van der Waals surface area contributed by atoms with Crippen LogP contribution in [0.25, 0.3) is 6.08 Å². The summed E-state index contributed by atoms with van der Waals surface area (Å²) in [6, 6.07) is 8.36. The summed E-state index contributed by atoms with van der Waals surface area (Å²) in [5.41, 5.74) is 2.39. The van der Waals surface area contributed by atoms with Crippen molar-refractivity contribution in [3.8, 4) is 11.5 Å². The number of nitro groups is 1. The minimum atomic E-state index is -0.778. The van der Waals surface area contributed by atoms with E-state index in [-0.39, 0.29) is 29.6 Å². The van der Waals surface area contributed by atoms with Crippen LogP contribution in [0, 0.1) is 10.1 Å². The van der Waals surface area contributed by atoms with Gasteiger partial charge in [0.05, 0.1) is 16.6 Å². The summed E-state index contributed by atoms with van der Waals surface area (Å²) in [7, 11) is 0. The van der Waals surface area contributed by atoms with E-state index in [1.54, 1.807) is 0 Å². The molecule has 2 aromatic carbocycles.